The maximum Gasteiger partial charge on any atom is 0.227 e. The Hall–Kier alpha value is -2.08. The zero-order valence-electron chi connectivity index (χ0n) is 21.7. The van der Waals surface area contributed by atoms with Crippen LogP contribution in [-0.4, -0.2) is 67.6 Å². The summed E-state index contributed by atoms with van der Waals surface area (Å²) in [6, 6.07) is 17.2. The van der Waals surface area contributed by atoms with E-state index in [4.69, 9.17) is 11.6 Å². The van der Waals surface area contributed by atoms with Crippen molar-refractivity contribution >= 4 is 23.2 Å². The number of hydrogen-bond donors (Lipinski definition) is 1. The maximum absolute atomic E-state index is 13.8. The molecule has 0 spiro atoms. The maximum atomic E-state index is 13.8. The van der Waals surface area contributed by atoms with Crippen molar-refractivity contribution in [3.63, 3.8) is 0 Å². The van der Waals surface area contributed by atoms with Gasteiger partial charge in [0.15, 0.2) is 0 Å². The lowest BCUT2D eigenvalue weighted by Crippen LogP contribution is -2.51. The molecule has 1 N–H and O–H groups in total. The van der Waals surface area contributed by atoms with Crippen LogP contribution in [-0.2, 0) is 11.3 Å². The number of amides is 1. The second-order valence-electron chi connectivity index (χ2n) is 10.8. The van der Waals surface area contributed by atoms with Crippen molar-refractivity contribution in [2.75, 3.05) is 50.7 Å². The van der Waals surface area contributed by atoms with Crippen LogP contribution in [0.25, 0.3) is 0 Å². The molecule has 2 fully saturated rings. The highest BCUT2D eigenvalue weighted by Crippen LogP contribution is 2.36. The van der Waals surface area contributed by atoms with Crippen LogP contribution in [0, 0.1) is 11.8 Å². The number of hydrogen-bond acceptors (Lipinski definition) is 4. The molecule has 2 aliphatic heterocycles. The lowest BCUT2D eigenvalue weighted by Gasteiger charge is -2.38. The fraction of sp³-hybridized carbons (Fsp3) is 0.552. The summed E-state index contributed by atoms with van der Waals surface area (Å²) in [6.07, 6.45) is 0. The number of carbonyl (C=O) groups is 1. The van der Waals surface area contributed by atoms with Crippen LogP contribution >= 0.6 is 11.6 Å². The largest absolute Gasteiger partial charge is 0.368 e. The first kappa shape index (κ1) is 26.0. The van der Waals surface area contributed by atoms with Crippen LogP contribution in [0.15, 0.2) is 48.5 Å². The number of likely N-dealkylation sites (tertiary alicyclic amines) is 1. The van der Waals surface area contributed by atoms with Crippen molar-refractivity contribution in [2.24, 2.45) is 11.8 Å². The van der Waals surface area contributed by atoms with Gasteiger partial charge in [-0.3, -0.25) is 9.69 Å². The van der Waals surface area contributed by atoms with Crippen molar-refractivity contribution < 1.29 is 4.79 Å². The van der Waals surface area contributed by atoms with Crippen LogP contribution in [0.4, 0.5) is 5.69 Å². The third-order valence-corrected chi connectivity index (χ3v) is 7.74. The molecule has 2 aliphatic rings. The van der Waals surface area contributed by atoms with Gasteiger partial charge >= 0.3 is 0 Å². The quantitative estimate of drug-likeness (QED) is 0.566. The Morgan fingerprint density at radius 3 is 2.31 bits per heavy atom. The van der Waals surface area contributed by atoms with Gasteiger partial charge in [-0.05, 0) is 55.6 Å². The molecule has 2 aromatic rings. The summed E-state index contributed by atoms with van der Waals surface area (Å²) in [7, 11) is 0. The van der Waals surface area contributed by atoms with E-state index >= 15 is 0 Å². The first-order valence-electron chi connectivity index (χ1n) is 13.2. The number of para-hydroxylation sites is 1. The van der Waals surface area contributed by atoms with Gasteiger partial charge in [0.1, 0.15) is 0 Å². The van der Waals surface area contributed by atoms with Gasteiger partial charge in [0.05, 0.1) is 5.92 Å². The number of halogens is 1. The number of benzene rings is 2. The second kappa shape index (κ2) is 11.8. The van der Waals surface area contributed by atoms with E-state index in [2.05, 4.69) is 84.1 Å². The Balaban J connectivity index is 1.41. The van der Waals surface area contributed by atoms with Crippen LogP contribution < -0.4 is 10.2 Å². The molecule has 2 saturated heterocycles. The smallest absolute Gasteiger partial charge is 0.227 e. The molecule has 2 heterocycles. The Kier molecular flexibility index (Phi) is 8.74. The molecule has 0 unspecified atom stereocenters. The van der Waals surface area contributed by atoms with E-state index < -0.39 is 0 Å². The van der Waals surface area contributed by atoms with Gasteiger partial charge in [-0.1, -0.05) is 55.8 Å². The normalized spacial score (nSPS) is 21.3. The molecule has 2 atom stereocenters. The molecular weight excluding hydrogens is 456 g/mol. The standard InChI is InChI=1S/C29H41ClN4O/c1-21(2)17-31-18-24-7-5-6-8-28(24)32-13-15-33(16-14-32)29(35)27-20-34(22(3)4)19-26(27)23-9-11-25(30)12-10-23/h5-12,21-22,26-27,31H,13-20H2,1-4H3/t26-,27+/m0/s1. The van der Waals surface area contributed by atoms with Crippen molar-refractivity contribution in [1.29, 1.82) is 0 Å². The fourth-order valence-corrected chi connectivity index (χ4v) is 5.55. The van der Waals surface area contributed by atoms with Crippen molar-refractivity contribution in [1.82, 2.24) is 15.1 Å². The summed E-state index contributed by atoms with van der Waals surface area (Å²) in [5.74, 6) is 1.15. The molecule has 5 nitrogen and oxygen atoms in total. The molecule has 4 rings (SSSR count). The molecule has 2 aromatic carbocycles. The molecule has 6 heteroatoms. The number of nitrogens with zero attached hydrogens (tertiary/aromatic N) is 3. The monoisotopic (exact) mass is 496 g/mol. The van der Waals surface area contributed by atoms with E-state index in [1.807, 2.05) is 12.1 Å². The zero-order chi connectivity index (χ0) is 24.9. The van der Waals surface area contributed by atoms with Crippen LogP contribution in [0.1, 0.15) is 44.7 Å². The summed E-state index contributed by atoms with van der Waals surface area (Å²) in [5.41, 5.74) is 3.85. The van der Waals surface area contributed by atoms with E-state index in [0.29, 0.717) is 17.9 Å². The molecular formula is C29H41ClN4O. The topological polar surface area (TPSA) is 38.8 Å². The lowest BCUT2D eigenvalue weighted by molar-refractivity contribution is -0.135. The molecule has 35 heavy (non-hydrogen) atoms. The van der Waals surface area contributed by atoms with Crippen LogP contribution in [0.2, 0.25) is 5.02 Å². The summed E-state index contributed by atoms with van der Waals surface area (Å²) in [4.78, 5) is 20.8. The van der Waals surface area contributed by atoms with Gasteiger partial charge in [-0.25, -0.2) is 0 Å². The predicted octanol–water partition coefficient (Wildman–Crippen LogP) is 4.86. The number of piperazine rings is 1. The molecule has 1 amide bonds. The van der Waals surface area contributed by atoms with E-state index in [-0.39, 0.29) is 11.8 Å². The Labute approximate surface area is 216 Å². The highest BCUT2D eigenvalue weighted by Gasteiger charge is 2.41. The van der Waals surface area contributed by atoms with E-state index in [0.717, 1.165) is 57.4 Å². The second-order valence-corrected chi connectivity index (χ2v) is 11.2. The number of anilines is 1. The van der Waals surface area contributed by atoms with Gasteiger partial charge in [0.2, 0.25) is 5.91 Å². The SMILES string of the molecule is CC(C)CNCc1ccccc1N1CCN(C(=O)[C@@H]2CN(C(C)C)C[C@H]2c2ccc(Cl)cc2)CC1. The summed E-state index contributed by atoms with van der Waals surface area (Å²) in [6.45, 7) is 15.9. The Bertz CT molecular complexity index is 969. The highest BCUT2D eigenvalue weighted by atomic mass is 35.5. The van der Waals surface area contributed by atoms with Gasteiger partial charge in [-0.15, -0.1) is 0 Å². The third kappa shape index (κ3) is 6.38. The summed E-state index contributed by atoms with van der Waals surface area (Å²) in [5, 5.41) is 4.32. The van der Waals surface area contributed by atoms with E-state index in [9.17, 15) is 4.79 Å². The van der Waals surface area contributed by atoms with Gasteiger partial charge in [0, 0.05) is 68.5 Å². The predicted molar refractivity (Wildman–Crippen MR) is 146 cm³/mol. The molecule has 0 aliphatic carbocycles. The summed E-state index contributed by atoms with van der Waals surface area (Å²) < 4.78 is 0. The fourth-order valence-electron chi connectivity index (χ4n) is 5.42. The molecule has 0 saturated carbocycles. The molecule has 0 bridgehead atoms. The molecule has 190 valence electrons. The number of carbonyl (C=O) groups excluding carboxylic acids is 1. The Morgan fingerprint density at radius 1 is 0.971 bits per heavy atom. The van der Waals surface area contributed by atoms with E-state index in [1.165, 1.54) is 16.8 Å². The lowest BCUT2D eigenvalue weighted by atomic mass is 9.88. The third-order valence-electron chi connectivity index (χ3n) is 7.49. The molecule has 0 radical (unpaired) electrons. The number of rotatable bonds is 8. The van der Waals surface area contributed by atoms with Crippen molar-refractivity contribution in [3.05, 3.63) is 64.7 Å². The van der Waals surface area contributed by atoms with Crippen LogP contribution in [0.5, 0.6) is 0 Å². The highest BCUT2D eigenvalue weighted by molar-refractivity contribution is 6.30. The average molecular weight is 497 g/mol. The first-order chi connectivity index (χ1) is 16.8. The molecule has 0 aromatic heterocycles. The minimum Gasteiger partial charge on any atom is -0.368 e. The minimum atomic E-state index is -0.00218. The van der Waals surface area contributed by atoms with Gasteiger partial charge in [-0.2, -0.15) is 0 Å². The van der Waals surface area contributed by atoms with E-state index in [1.54, 1.807) is 0 Å². The van der Waals surface area contributed by atoms with Crippen LogP contribution in [0.3, 0.4) is 0 Å². The van der Waals surface area contributed by atoms with Gasteiger partial charge < -0.3 is 15.1 Å². The number of nitrogens with one attached hydrogen (secondary N) is 1. The first-order valence-corrected chi connectivity index (χ1v) is 13.5. The van der Waals surface area contributed by atoms with Crippen molar-refractivity contribution in [2.45, 2.75) is 46.2 Å². The average Bonchev–Trinajstić information content (AvgIpc) is 3.30. The summed E-state index contributed by atoms with van der Waals surface area (Å²) >= 11 is 6.14. The Morgan fingerprint density at radius 2 is 1.66 bits per heavy atom. The minimum absolute atomic E-state index is 0.00218. The van der Waals surface area contributed by atoms with Gasteiger partial charge in [0.25, 0.3) is 0 Å². The zero-order valence-corrected chi connectivity index (χ0v) is 22.5. The van der Waals surface area contributed by atoms with Crippen molar-refractivity contribution in [3.8, 4) is 0 Å².